The van der Waals surface area contributed by atoms with Crippen LogP contribution in [0.5, 0.6) is 0 Å². The first-order chi connectivity index (χ1) is 6.25. The molecule has 5 nitrogen and oxygen atoms in total. The van der Waals surface area contributed by atoms with Crippen LogP contribution in [0.2, 0.25) is 0 Å². The van der Waals surface area contributed by atoms with Gasteiger partial charge in [0.1, 0.15) is 0 Å². The van der Waals surface area contributed by atoms with E-state index in [9.17, 15) is 4.79 Å². The van der Waals surface area contributed by atoms with E-state index < -0.39 is 0 Å². The fourth-order valence-corrected chi connectivity index (χ4v) is 1.39. The summed E-state index contributed by atoms with van der Waals surface area (Å²) in [6.45, 7) is 0.686. The second-order valence-electron chi connectivity index (χ2n) is 3.21. The van der Waals surface area contributed by atoms with Crippen LogP contribution in [-0.4, -0.2) is 28.0 Å². The lowest BCUT2D eigenvalue weighted by molar-refractivity contribution is -0.119. The van der Waals surface area contributed by atoms with E-state index in [-0.39, 0.29) is 11.9 Å². The van der Waals surface area contributed by atoms with Crippen LogP contribution >= 0.6 is 0 Å². The Morgan fingerprint density at radius 1 is 1.77 bits per heavy atom. The largest absolute Gasteiger partial charge is 0.354 e. The van der Waals surface area contributed by atoms with E-state index in [0.29, 0.717) is 13.0 Å². The van der Waals surface area contributed by atoms with Crippen LogP contribution in [0.1, 0.15) is 6.42 Å². The highest BCUT2D eigenvalue weighted by Gasteiger charge is 2.21. The number of hydrogen-bond donors (Lipinski definition) is 2. The molecule has 0 aromatic carbocycles. The number of rotatable bonds is 2. The molecule has 1 fully saturated rings. The molecule has 1 saturated heterocycles. The van der Waals surface area contributed by atoms with Gasteiger partial charge in [0.2, 0.25) is 11.9 Å². The lowest BCUT2D eigenvalue weighted by atomic mass is 10.3. The lowest BCUT2D eigenvalue weighted by Crippen LogP contribution is -2.23. The third-order valence-electron chi connectivity index (χ3n) is 2.13. The Kier molecular flexibility index (Phi) is 1.92. The topological polar surface area (TPSA) is 59.0 Å². The molecule has 1 aromatic rings. The van der Waals surface area contributed by atoms with Gasteiger partial charge >= 0.3 is 0 Å². The second kappa shape index (κ2) is 3.08. The van der Waals surface area contributed by atoms with Crippen LogP contribution in [0.15, 0.2) is 12.4 Å². The number of aryl methyl sites for hydroxylation is 1. The molecule has 1 amide bonds. The fourth-order valence-electron chi connectivity index (χ4n) is 1.39. The lowest BCUT2D eigenvalue weighted by Gasteiger charge is -2.10. The van der Waals surface area contributed by atoms with Crippen LogP contribution in [-0.2, 0) is 11.8 Å². The summed E-state index contributed by atoms with van der Waals surface area (Å²) < 4.78 is 1.89. The minimum absolute atomic E-state index is 0.103. The van der Waals surface area contributed by atoms with Crippen molar-refractivity contribution >= 4 is 11.9 Å². The zero-order valence-corrected chi connectivity index (χ0v) is 7.45. The highest BCUT2D eigenvalue weighted by molar-refractivity contribution is 5.79. The average Bonchev–Trinajstić information content (AvgIpc) is 2.64. The van der Waals surface area contributed by atoms with Crippen molar-refractivity contribution in [3.8, 4) is 0 Å². The predicted octanol–water partition coefficient (Wildman–Crippen LogP) is -0.280. The van der Waals surface area contributed by atoms with E-state index in [1.807, 2.05) is 17.8 Å². The van der Waals surface area contributed by atoms with Gasteiger partial charge in [0, 0.05) is 32.4 Å². The second-order valence-corrected chi connectivity index (χ2v) is 3.21. The summed E-state index contributed by atoms with van der Waals surface area (Å²) in [7, 11) is 1.92. The number of aromatic nitrogens is 2. The smallest absolute Gasteiger partial charge is 0.222 e. The van der Waals surface area contributed by atoms with Crippen LogP contribution in [0.4, 0.5) is 5.95 Å². The molecule has 0 radical (unpaired) electrons. The maximum atomic E-state index is 10.9. The van der Waals surface area contributed by atoms with Crippen LogP contribution in [0.25, 0.3) is 0 Å². The third kappa shape index (κ3) is 1.63. The van der Waals surface area contributed by atoms with Crippen LogP contribution < -0.4 is 10.6 Å². The summed E-state index contributed by atoms with van der Waals surface area (Å²) in [5.41, 5.74) is 0. The van der Waals surface area contributed by atoms with Crippen molar-refractivity contribution in [2.24, 2.45) is 7.05 Å². The molecule has 0 aliphatic carbocycles. The van der Waals surface area contributed by atoms with Crippen molar-refractivity contribution in [1.29, 1.82) is 0 Å². The molecule has 1 atom stereocenters. The highest BCUT2D eigenvalue weighted by atomic mass is 16.1. The van der Waals surface area contributed by atoms with E-state index in [1.54, 1.807) is 6.20 Å². The molecule has 0 saturated carbocycles. The van der Waals surface area contributed by atoms with Gasteiger partial charge in [-0.3, -0.25) is 4.79 Å². The van der Waals surface area contributed by atoms with Gasteiger partial charge in [-0.15, -0.1) is 0 Å². The molecule has 13 heavy (non-hydrogen) atoms. The van der Waals surface area contributed by atoms with Crippen molar-refractivity contribution in [3.63, 3.8) is 0 Å². The summed E-state index contributed by atoms with van der Waals surface area (Å²) in [4.78, 5) is 15.0. The van der Waals surface area contributed by atoms with Gasteiger partial charge in [0.05, 0.1) is 6.04 Å². The SMILES string of the molecule is Cn1ccnc1NC1CNC(=O)C1. The van der Waals surface area contributed by atoms with Gasteiger partial charge < -0.3 is 15.2 Å². The molecular formula is C8H12N4O. The van der Waals surface area contributed by atoms with Gasteiger partial charge in [-0.2, -0.15) is 0 Å². The fraction of sp³-hybridized carbons (Fsp3) is 0.500. The molecule has 1 aliphatic heterocycles. The van der Waals surface area contributed by atoms with Crippen LogP contribution in [0, 0.1) is 0 Å². The predicted molar refractivity (Wildman–Crippen MR) is 48.2 cm³/mol. The first-order valence-electron chi connectivity index (χ1n) is 4.26. The van der Waals surface area contributed by atoms with E-state index in [2.05, 4.69) is 15.6 Å². The molecule has 70 valence electrons. The number of nitrogens with zero attached hydrogens (tertiary/aromatic N) is 2. The molecular weight excluding hydrogens is 168 g/mol. The molecule has 1 aromatic heterocycles. The summed E-state index contributed by atoms with van der Waals surface area (Å²) in [5.74, 6) is 0.910. The van der Waals surface area contributed by atoms with Crippen molar-refractivity contribution < 1.29 is 4.79 Å². The number of imidazole rings is 1. The molecule has 0 bridgehead atoms. The van der Waals surface area contributed by atoms with E-state index in [1.165, 1.54) is 0 Å². The van der Waals surface area contributed by atoms with Gasteiger partial charge in [0.25, 0.3) is 0 Å². The number of carbonyl (C=O) groups is 1. The van der Waals surface area contributed by atoms with Gasteiger partial charge in [-0.25, -0.2) is 4.98 Å². The number of hydrogen-bond acceptors (Lipinski definition) is 3. The summed E-state index contributed by atoms with van der Waals surface area (Å²) in [6, 6.07) is 0.175. The summed E-state index contributed by atoms with van der Waals surface area (Å²) in [5, 5.41) is 5.95. The molecule has 2 rings (SSSR count). The van der Waals surface area contributed by atoms with Crippen molar-refractivity contribution in [2.45, 2.75) is 12.5 Å². The van der Waals surface area contributed by atoms with Gasteiger partial charge in [-0.05, 0) is 0 Å². The molecule has 5 heteroatoms. The molecule has 1 unspecified atom stereocenters. The monoisotopic (exact) mass is 180 g/mol. The number of amides is 1. The van der Waals surface area contributed by atoms with Crippen molar-refractivity contribution in [2.75, 3.05) is 11.9 Å². The van der Waals surface area contributed by atoms with Crippen LogP contribution in [0.3, 0.4) is 0 Å². The zero-order chi connectivity index (χ0) is 9.26. The maximum absolute atomic E-state index is 10.9. The Hall–Kier alpha value is -1.52. The molecule has 2 heterocycles. The quantitative estimate of drug-likeness (QED) is 0.658. The first kappa shape index (κ1) is 8.10. The Balaban J connectivity index is 1.99. The highest BCUT2D eigenvalue weighted by Crippen LogP contribution is 2.08. The molecule has 1 aliphatic rings. The molecule has 0 spiro atoms. The minimum atomic E-state index is 0.103. The number of carbonyl (C=O) groups excluding carboxylic acids is 1. The first-order valence-corrected chi connectivity index (χ1v) is 4.26. The van der Waals surface area contributed by atoms with Gasteiger partial charge in [-0.1, -0.05) is 0 Å². The average molecular weight is 180 g/mol. The molecule has 2 N–H and O–H groups in total. The van der Waals surface area contributed by atoms with Crippen molar-refractivity contribution in [1.82, 2.24) is 14.9 Å². The maximum Gasteiger partial charge on any atom is 0.222 e. The zero-order valence-electron chi connectivity index (χ0n) is 7.45. The van der Waals surface area contributed by atoms with E-state index in [0.717, 1.165) is 5.95 Å². The Morgan fingerprint density at radius 3 is 3.15 bits per heavy atom. The third-order valence-corrected chi connectivity index (χ3v) is 2.13. The number of anilines is 1. The Bertz CT molecular complexity index is 320. The minimum Gasteiger partial charge on any atom is -0.354 e. The van der Waals surface area contributed by atoms with Gasteiger partial charge in [0.15, 0.2) is 0 Å². The number of nitrogens with one attached hydrogen (secondary N) is 2. The summed E-state index contributed by atoms with van der Waals surface area (Å²) >= 11 is 0. The Labute approximate surface area is 76.2 Å². The Morgan fingerprint density at radius 2 is 2.62 bits per heavy atom. The normalized spacial score (nSPS) is 21.6. The van der Waals surface area contributed by atoms with Crippen molar-refractivity contribution in [3.05, 3.63) is 12.4 Å². The van der Waals surface area contributed by atoms with E-state index >= 15 is 0 Å². The standard InChI is InChI=1S/C8H12N4O/c1-12-3-2-9-8(12)11-6-4-7(13)10-5-6/h2-3,6H,4-5H2,1H3,(H,9,11)(H,10,13). The van der Waals surface area contributed by atoms with E-state index in [4.69, 9.17) is 0 Å². The summed E-state index contributed by atoms with van der Waals surface area (Å²) in [6.07, 6.45) is 4.13.